The normalized spacial score (nSPS) is 11.7. The lowest BCUT2D eigenvalue weighted by molar-refractivity contribution is 0.0686. The maximum absolute atomic E-state index is 11.5. The Balaban J connectivity index is 2.71. The van der Waals surface area contributed by atoms with Crippen LogP contribution in [0, 0.1) is 6.92 Å². The van der Waals surface area contributed by atoms with Crippen LogP contribution in [0.15, 0.2) is 30.3 Å². The van der Waals surface area contributed by atoms with E-state index in [1.54, 1.807) is 16.7 Å². The average Bonchev–Trinajstić information content (AvgIpc) is 2.92. The highest BCUT2D eigenvalue weighted by Crippen LogP contribution is 2.42. The number of benzene rings is 1. The van der Waals surface area contributed by atoms with Crippen molar-refractivity contribution in [1.82, 2.24) is 4.57 Å². The van der Waals surface area contributed by atoms with Crippen LogP contribution in [0.2, 0.25) is 0 Å². The third-order valence-electron chi connectivity index (χ3n) is 4.93. The predicted octanol–water partition coefficient (Wildman–Crippen LogP) is 4.62. The van der Waals surface area contributed by atoms with E-state index in [-0.39, 0.29) is 5.41 Å². The molecule has 0 unspecified atom stereocenters. The molecular weight excluding hydrogens is 302 g/mol. The van der Waals surface area contributed by atoms with Crippen molar-refractivity contribution in [1.29, 1.82) is 0 Å². The standard InChI is InChI=1S/C20H27NO3/c1-5-11-20(12-6-2,15-7-9-17(22)14(3)13-15)18-10-8-16(19(23)24)21(18)4/h7-10,13,22H,5-6,11-12H2,1-4H3,(H,23,24). The summed E-state index contributed by atoms with van der Waals surface area (Å²) >= 11 is 0. The Labute approximate surface area is 143 Å². The fourth-order valence-electron chi connectivity index (χ4n) is 3.83. The van der Waals surface area contributed by atoms with Gasteiger partial charge in [0.15, 0.2) is 0 Å². The molecule has 0 saturated heterocycles. The average molecular weight is 329 g/mol. The van der Waals surface area contributed by atoms with E-state index in [0.29, 0.717) is 11.4 Å². The van der Waals surface area contributed by atoms with Crippen molar-refractivity contribution in [3.63, 3.8) is 0 Å². The number of aromatic hydroxyl groups is 1. The lowest BCUT2D eigenvalue weighted by Crippen LogP contribution is -2.31. The summed E-state index contributed by atoms with van der Waals surface area (Å²) < 4.78 is 1.80. The van der Waals surface area contributed by atoms with E-state index < -0.39 is 5.97 Å². The lowest BCUT2D eigenvalue weighted by atomic mass is 9.70. The highest BCUT2D eigenvalue weighted by atomic mass is 16.4. The van der Waals surface area contributed by atoms with Gasteiger partial charge in [-0.15, -0.1) is 0 Å². The fraction of sp³-hybridized carbons (Fsp3) is 0.450. The molecule has 0 saturated carbocycles. The van der Waals surface area contributed by atoms with Gasteiger partial charge >= 0.3 is 5.97 Å². The van der Waals surface area contributed by atoms with Crippen LogP contribution < -0.4 is 0 Å². The van der Waals surface area contributed by atoms with Crippen molar-refractivity contribution in [2.24, 2.45) is 7.05 Å². The zero-order valence-electron chi connectivity index (χ0n) is 15.0. The first-order valence-corrected chi connectivity index (χ1v) is 8.57. The quantitative estimate of drug-likeness (QED) is 0.779. The summed E-state index contributed by atoms with van der Waals surface area (Å²) in [6.45, 7) is 6.20. The van der Waals surface area contributed by atoms with Crippen LogP contribution >= 0.6 is 0 Å². The second-order valence-corrected chi connectivity index (χ2v) is 6.55. The minimum absolute atomic E-state index is 0.246. The highest BCUT2D eigenvalue weighted by Gasteiger charge is 2.36. The molecule has 2 aromatic rings. The molecule has 0 aliphatic heterocycles. The van der Waals surface area contributed by atoms with E-state index in [9.17, 15) is 15.0 Å². The van der Waals surface area contributed by atoms with Crippen molar-refractivity contribution in [3.8, 4) is 5.75 Å². The van der Waals surface area contributed by atoms with Crippen LogP contribution in [-0.2, 0) is 12.5 Å². The van der Waals surface area contributed by atoms with Gasteiger partial charge in [0.05, 0.1) is 0 Å². The number of aromatic carboxylic acids is 1. The number of phenols is 1. The fourth-order valence-corrected chi connectivity index (χ4v) is 3.83. The van der Waals surface area contributed by atoms with E-state index >= 15 is 0 Å². The first-order valence-electron chi connectivity index (χ1n) is 8.57. The molecule has 0 aliphatic rings. The number of aromatic nitrogens is 1. The van der Waals surface area contributed by atoms with E-state index in [4.69, 9.17) is 0 Å². The van der Waals surface area contributed by atoms with E-state index in [1.165, 1.54) is 0 Å². The van der Waals surface area contributed by atoms with Crippen LogP contribution in [0.1, 0.15) is 66.8 Å². The van der Waals surface area contributed by atoms with Gasteiger partial charge in [0.2, 0.25) is 0 Å². The van der Waals surface area contributed by atoms with Crippen LogP contribution in [0.4, 0.5) is 0 Å². The van der Waals surface area contributed by atoms with Gasteiger partial charge in [-0.05, 0) is 49.1 Å². The van der Waals surface area contributed by atoms with Gasteiger partial charge in [0, 0.05) is 18.2 Å². The van der Waals surface area contributed by atoms with E-state index in [0.717, 1.165) is 42.5 Å². The maximum Gasteiger partial charge on any atom is 0.352 e. The Morgan fingerprint density at radius 3 is 2.21 bits per heavy atom. The zero-order chi connectivity index (χ0) is 17.9. The van der Waals surface area contributed by atoms with Crippen molar-refractivity contribution in [2.75, 3.05) is 0 Å². The maximum atomic E-state index is 11.5. The van der Waals surface area contributed by atoms with Crippen molar-refractivity contribution in [2.45, 2.75) is 51.9 Å². The van der Waals surface area contributed by atoms with Gasteiger partial charge in [-0.3, -0.25) is 0 Å². The largest absolute Gasteiger partial charge is 0.508 e. The molecule has 2 rings (SSSR count). The Kier molecular flexibility index (Phi) is 5.37. The molecule has 4 nitrogen and oxygen atoms in total. The number of carbonyl (C=O) groups is 1. The molecule has 0 spiro atoms. The minimum Gasteiger partial charge on any atom is -0.508 e. The molecular formula is C20H27NO3. The molecule has 130 valence electrons. The topological polar surface area (TPSA) is 62.5 Å². The van der Waals surface area contributed by atoms with E-state index in [1.807, 2.05) is 32.2 Å². The van der Waals surface area contributed by atoms with E-state index in [2.05, 4.69) is 13.8 Å². The summed E-state index contributed by atoms with van der Waals surface area (Å²) in [5.41, 5.74) is 3.06. The number of rotatable bonds is 7. The molecule has 2 N–H and O–H groups in total. The van der Waals surface area contributed by atoms with Gasteiger partial charge < -0.3 is 14.8 Å². The number of carboxylic acids is 1. The van der Waals surface area contributed by atoms with Gasteiger partial charge in [-0.2, -0.15) is 0 Å². The summed E-state index contributed by atoms with van der Waals surface area (Å²) in [7, 11) is 1.83. The Morgan fingerprint density at radius 1 is 1.12 bits per heavy atom. The monoisotopic (exact) mass is 329 g/mol. The smallest absolute Gasteiger partial charge is 0.352 e. The highest BCUT2D eigenvalue weighted by molar-refractivity contribution is 5.86. The SMILES string of the molecule is CCCC(CCC)(c1ccc(O)c(C)c1)c1ccc(C(=O)O)n1C. The zero-order valence-corrected chi connectivity index (χ0v) is 15.0. The minimum atomic E-state index is -0.910. The van der Waals surface area contributed by atoms with Crippen molar-refractivity contribution in [3.05, 3.63) is 52.8 Å². The van der Waals surface area contributed by atoms with Crippen LogP contribution in [0.25, 0.3) is 0 Å². The Hall–Kier alpha value is -2.23. The van der Waals surface area contributed by atoms with Crippen molar-refractivity contribution < 1.29 is 15.0 Å². The van der Waals surface area contributed by atoms with Crippen LogP contribution in [0.3, 0.4) is 0 Å². The second-order valence-electron chi connectivity index (χ2n) is 6.55. The number of phenolic OH excluding ortho intramolecular Hbond substituents is 1. The third kappa shape index (κ3) is 3.05. The molecule has 0 atom stereocenters. The van der Waals surface area contributed by atoms with Gasteiger partial charge in [-0.25, -0.2) is 4.79 Å². The molecule has 4 heteroatoms. The summed E-state index contributed by atoms with van der Waals surface area (Å²) in [6.07, 6.45) is 3.85. The number of hydrogen-bond acceptors (Lipinski definition) is 2. The molecule has 24 heavy (non-hydrogen) atoms. The second kappa shape index (κ2) is 7.12. The third-order valence-corrected chi connectivity index (χ3v) is 4.93. The van der Waals surface area contributed by atoms with Crippen LogP contribution in [0.5, 0.6) is 5.75 Å². The molecule has 1 aromatic heterocycles. The Bertz CT molecular complexity index is 724. The summed E-state index contributed by atoms with van der Waals surface area (Å²) in [4.78, 5) is 11.5. The first kappa shape index (κ1) is 18.1. The summed E-state index contributed by atoms with van der Waals surface area (Å²) in [5, 5.41) is 19.3. The molecule has 1 heterocycles. The Morgan fingerprint density at radius 2 is 1.75 bits per heavy atom. The number of hydrogen-bond donors (Lipinski definition) is 2. The molecule has 1 aromatic carbocycles. The van der Waals surface area contributed by atoms with Crippen molar-refractivity contribution >= 4 is 5.97 Å². The summed E-state index contributed by atoms with van der Waals surface area (Å²) in [6, 6.07) is 9.38. The number of carboxylic acid groups (broad SMARTS) is 1. The first-order chi connectivity index (χ1) is 11.4. The lowest BCUT2D eigenvalue weighted by Gasteiger charge is -2.35. The van der Waals surface area contributed by atoms with Gasteiger partial charge in [-0.1, -0.05) is 38.8 Å². The van der Waals surface area contributed by atoms with Gasteiger partial charge in [0.25, 0.3) is 0 Å². The number of nitrogens with zero attached hydrogens (tertiary/aromatic N) is 1. The molecule has 0 fully saturated rings. The molecule has 0 bridgehead atoms. The molecule has 0 aliphatic carbocycles. The number of aryl methyl sites for hydroxylation is 1. The molecule has 0 amide bonds. The summed E-state index contributed by atoms with van der Waals surface area (Å²) in [5.74, 6) is -0.619. The van der Waals surface area contributed by atoms with Crippen LogP contribution in [-0.4, -0.2) is 20.7 Å². The molecule has 0 radical (unpaired) electrons. The van der Waals surface area contributed by atoms with Gasteiger partial charge in [0.1, 0.15) is 11.4 Å². The predicted molar refractivity (Wildman–Crippen MR) is 95.8 cm³/mol.